The first-order chi connectivity index (χ1) is 14.0. The van der Waals surface area contributed by atoms with Gasteiger partial charge in [0.2, 0.25) is 11.8 Å². The predicted octanol–water partition coefficient (Wildman–Crippen LogP) is 5.09. The van der Waals surface area contributed by atoms with E-state index in [1.54, 1.807) is 24.3 Å². The fourth-order valence-corrected chi connectivity index (χ4v) is 6.34. The standard InChI is InChI=1S/C24H15Cl2NO2/c25-17-11-5-6-12-18(17)27-22(28)20-19-13-7-1-3-9-15(13)24(26,21(20)23(27)29)16-10-4-2-8-14(16)19/h1-12,19-21H/t19?,20-,21+,24?/m0/s1. The molecule has 4 aliphatic rings. The molecule has 3 aromatic rings. The molecule has 1 aliphatic heterocycles. The minimum atomic E-state index is -1.07. The molecule has 2 bridgehead atoms. The SMILES string of the molecule is O=C1[C@H]2C3c4ccccc4C(Cl)(c4ccccc43)[C@H]2C(=O)N1c1ccccc1Cl. The highest BCUT2D eigenvalue weighted by molar-refractivity contribution is 6.37. The third kappa shape index (κ3) is 1.95. The topological polar surface area (TPSA) is 37.4 Å². The first-order valence-corrected chi connectivity index (χ1v) is 10.3. The number of anilines is 1. The largest absolute Gasteiger partial charge is 0.274 e. The summed E-state index contributed by atoms with van der Waals surface area (Å²) >= 11 is 13.7. The lowest BCUT2D eigenvalue weighted by molar-refractivity contribution is -0.122. The molecule has 2 amide bonds. The molecule has 3 aliphatic carbocycles. The zero-order valence-corrected chi connectivity index (χ0v) is 16.7. The molecule has 142 valence electrons. The van der Waals surface area contributed by atoms with Crippen LogP contribution in [-0.4, -0.2) is 11.8 Å². The predicted molar refractivity (Wildman–Crippen MR) is 112 cm³/mol. The first kappa shape index (κ1) is 17.3. The van der Waals surface area contributed by atoms with Crippen molar-refractivity contribution in [3.63, 3.8) is 0 Å². The molecule has 0 aromatic heterocycles. The second-order valence-electron chi connectivity index (χ2n) is 7.83. The van der Waals surface area contributed by atoms with E-state index in [2.05, 4.69) is 0 Å². The monoisotopic (exact) mass is 419 g/mol. The smallest absolute Gasteiger partial charge is 0.240 e. The molecule has 0 unspecified atom stereocenters. The Morgan fingerprint density at radius 1 is 0.759 bits per heavy atom. The van der Waals surface area contributed by atoms with Gasteiger partial charge in [0.05, 0.1) is 22.5 Å². The van der Waals surface area contributed by atoms with Crippen LogP contribution >= 0.6 is 23.2 Å². The number of imide groups is 1. The van der Waals surface area contributed by atoms with E-state index in [1.807, 2.05) is 48.5 Å². The van der Waals surface area contributed by atoms with Crippen molar-refractivity contribution >= 4 is 40.7 Å². The van der Waals surface area contributed by atoms with Gasteiger partial charge in [-0.05, 0) is 34.4 Å². The number of rotatable bonds is 1. The molecule has 3 aromatic carbocycles. The number of amides is 2. The summed E-state index contributed by atoms with van der Waals surface area (Å²) in [5.74, 6) is -1.91. The van der Waals surface area contributed by atoms with Gasteiger partial charge in [-0.2, -0.15) is 0 Å². The van der Waals surface area contributed by atoms with E-state index in [9.17, 15) is 9.59 Å². The molecule has 0 N–H and O–H groups in total. The average molecular weight is 420 g/mol. The van der Waals surface area contributed by atoms with Gasteiger partial charge in [-0.3, -0.25) is 9.59 Å². The number of halogens is 2. The number of alkyl halides is 1. The maximum absolute atomic E-state index is 13.7. The second-order valence-corrected chi connectivity index (χ2v) is 8.83. The van der Waals surface area contributed by atoms with Gasteiger partial charge >= 0.3 is 0 Å². The van der Waals surface area contributed by atoms with Gasteiger partial charge in [-0.1, -0.05) is 72.3 Å². The van der Waals surface area contributed by atoms with Gasteiger partial charge in [-0.15, -0.1) is 11.6 Å². The summed E-state index contributed by atoms with van der Waals surface area (Å²) in [7, 11) is 0. The molecule has 3 nitrogen and oxygen atoms in total. The lowest BCUT2D eigenvalue weighted by atomic mass is 9.54. The Labute approximate surface area is 177 Å². The van der Waals surface area contributed by atoms with Crippen LogP contribution in [0, 0.1) is 11.8 Å². The third-order valence-electron chi connectivity index (χ3n) is 6.61. The molecule has 0 spiro atoms. The molecular formula is C24H15Cl2NO2. The number of hydrogen-bond acceptors (Lipinski definition) is 2. The Kier molecular flexibility index (Phi) is 3.40. The van der Waals surface area contributed by atoms with Gasteiger partial charge in [0.15, 0.2) is 0 Å². The minimum absolute atomic E-state index is 0.197. The number of carbonyl (C=O) groups excluding carboxylic acids is 2. The van der Waals surface area contributed by atoms with Gasteiger partial charge < -0.3 is 0 Å². The molecule has 1 saturated heterocycles. The third-order valence-corrected chi connectivity index (χ3v) is 7.57. The highest BCUT2D eigenvalue weighted by Crippen LogP contribution is 2.66. The van der Waals surface area contributed by atoms with Crippen molar-refractivity contribution in [2.24, 2.45) is 11.8 Å². The number of hydrogen-bond donors (Lipinski definition) is 0. The fourth-order valence-electron chi connectivity index (χ4n) is 5.55. The number of carbonyl (C=O) groups is 2. The van der Waals surface area contributed by atoms with E-state index in [4.69, 9.17) is 23.2 Å². The van der Waals surface area contributed by atoms with Crippen molar-refractivity contribution in [1.82, 2.24) is 0 Å². The molecule has 29 heavy (non-hydrogen) atoms. The maximum atomic E-state index is 13.7. The second kappa shape index (κ2) is 5.71. The summed E-state index contributed by atoms with van der Waals surface area (Å²) < 4.78 is 0. The van der Waals surface area contributed by atoms with Crippen LogP contribution in [-0.2, 0) is 14.5 Å². The van der Waals surface area contributed by atoms with Crippen molar-refractivity contribution in [2.75, 3.05) is 4.90 Å². The van der Waals surface area contributed by atoms with Crippen LogP contribution in [0.25, 0.3) is 0 Å². The van der Waals surface area contributed by atoms with E-state index < -0.39 is 16.7 Å². The van der Waals surface area contributed by atoms with Crippen LogP contribution < -0.4 is 4.90 Å². The van der Waals surface area contributed by atoms with Crippen molar-refractivity contribution in [1.29, 1.82) is 0 Å². The van der Waals surface area contributed by atoms with E-state index in [0.717, 1.165) is 22.3 Å². The van der Waals surface area contributed by atoms with Crippen LogP contribution in [0.15, 0.2) is 72.8 Å². The molecule has 2 atom stereocenters. The lowest BCUT2D eigenvalue weighted by Gasteiger charge is -2.50. The van der Waals surface area contributed by atoms with Crippen LogP contribution in [0.5, 0.6) is 0 Å². The normalized spacial score (nSPS) is 28.9. The molecule has 1 heterocycles. The van der Waals surface area contributed by atoms with Crippen LogP contribution in [0.2, 0.25) is 5.02 Å². The number of benzene rings is 3. The molecule has 5 heteroatoms. The summed E-state index contributed by atoms with van der Waals surface area (Å²) in [5.41, 5.74) is 4.34. The lowest BCUT2D eigenvalue weighted by Crippen LogP contribution is -2.50. The molecule has 0 radical (unpaired) electrons. The summed E-state index contributed by atoms with van der Waals surface area (Å²) in [5, 5.41) is 0.374. The molecule has 7 rings (SSSR count). The number of para-hydroxylation sites is 1. The highest BCUT2D eigenvalue weighted by Gasteiger charge is 2.68. The quantitative estimate of drug-likeness (QED) is 0.407. The first-order valence-electron chi connectivity index (χ1n) is 9.55. The van der Waals surface area contributed by atoms with E-state index in [-0.39, 0.29) is 17.7 Å². The highest BCUT2D eigenvalue weighted by atomic mass is 35.5. The van der Waals surface area contributed by atoms with E-state index >= 15 is 0 Å². The maximum Gasteiger partial charge on any atom is 0.240 e. The van der Waals surface area contributed by atoms with Crippen LogP contribution in [0.4, 0.5) is 5.69 Å². The summed E-state index contributed by atoms with van der Waals surface area (Å²) in [4.78, 5) is 27.5. The van der Waals surface area contributed by atoms with E-state index in [0.29, 0.717) is 10.7 Å². The Morgan fingerprint density at radius 3 is 1.93 bits per heavy atom. The minimum Gasteiger partial charge on any atom is -0.274 e. The fraction of sp³-hybridized carbons (Fsp3) is 0.167. The zero-order valence-electron chi connectivity index (χ0n) is 15.2. The zero-order chi connectivity index (χ0) is 19.9. The van der Waals surface area contributed by atoms with Gasteiger partial charge in [0.1, 0.15) is 4.87 Å². The average Bonchev–Trinajstić information content (AvgIpc) is 3.01. The summed E-state index contributed by atoms with van der Waals surface area (Å²) in [6.07, 6.45) is 0. The van der Waals surface area contributed by atoms with Gasteiger partial charge in [0, 0.05) is 5.92 Å². The Balaban J connectivity index is 1.64. The van der Waals surface area contributed by atoms with Crippen molar-refractivity contribution in [2.45, 2.75) is 10.8 Å². The van der Waals surface area contributed by atoms with Crippen molar-refractivity contribution in [3.8, 4) is 0 Å². The molecule has 0 saturated carbocycles. The molecule has 1 fully saturated rings. The Bertz CT molecular complexity index is 1170. The van der Waals surface area contributed by atoms with Gasteiger partial charge in [0.25, 0.3) is 0 Å². The van der Waals surface area contributed by atoms with Gasteiger partial charge in [-0.25, -0.2) is 4.90 Å². The van der Waals surface area contributed by atoms with E-state index in [1.165, 1.54) is 4.90 Å². The van der Waals surface area contributed by atoms with Crippen molar-refractivity contribution in [3.05, 3.63) is 100 Å². The summed E-state index contributed by atoms with van der Waals surface area (Å²) in [6, 6.07) is 22.8. The Morgan fingerprint density at radius 2 is 1.31 bits per heavy atom. The summed E-state index contributed by atoms with van der Waals surface area (Å²) in [6.45, 7) is 0. The Hall–Kier alpha value is -2.62. The number of nitrogens with zero attached hydrogens (tertiary/aromatic N) is 1. The molecular weight excluding hydrogens is 405 g/mol. The van der Waals surface area contributed by atoms with Crippen LogP contribution in [0.3, 0.4) is 0 Å². The van der Waals surface area contributed by atoms with Crippen LogP contribution in [0.1, 0.15) is 28.2 Å². The van der Waals surface area contributed by atoms with Crippen molar-refractivity contribution < 1.29 is 9.59 Å².